The van der Waals surface area contributed by atoms with E-state index in [1.807, 2.05) is 25.1 Å². The van der Waals surface area contributed by atoms with Crippen molar-refractivity contribution in [2.45, 2.75) is 82.3 Å². The predicted octanol–water partition coefficient (Wildman–Crippen LogP) is 5.13. The third kappa shape index (κ3) is 8.43. The topological polar surface area (TPSA) is 183 Å². The van der Waals surface area contributed by atoms with Crippen molar-refractivity contribution in [3.05, 3.63) is 101 Å². The summed E-state index contributed by atoms with van der Waals surface area (Å²) in [5, 5.41) is 8.74. The largest absolute Gasteiger partial charge is 0.340 e. The Morgan fingerprint density at radius 1 is 0.855 bits per heavy atom. The molecule has 0 spiro atoms. The molecule has 3 aromatic carbocycles. The number of carbonyl (C=O) groups is 4. The van der Waals surface area contributed by atoms with E-state index in [1.165, 1.54) is 5.56 Å². The van der Waals surface area contributed by atoms with Crippen molar-refractivity contribution in [1.29, 1.82) is 0 Å². The lowest BCUT2D eigenvalue weighted by Gasteiger charge is -2.32. The zero-order chi connectivity index (χ0) is 39.1. The molecular formula is C40H44N8O6S. The second kappa shape index (κ2) is 15.0. The van der Waals surface area contributed by atoms with Gasteiger partial charge in [-0.15, -0.1) is 0 Å². The Morgan fingerprint density at radius 3 is 2.29 bits per heavy atom. The maximum atomic E-state index is 13.3. The minimum Gasteiger partial charge on any atom is -0.340 e. The molecule has 4 amide bonds. The lowest BCUT2D eigenvalue weighted by molar-refractivity contribution is -0.136. The van der Waals surface area contributed by atoms with Crippen LogP contribution in [0.3, 0.4) is 0 Å². The maximum absolute atomic E-state index is 13.3. The molecule has 4 heterocycles. The molecule has 286 valence electrons. The molecule has 0 aliphatic carbocycles. The van der Waals surface area contributed by atoms with Gasteiger partial charge in [-0.05, 0) is 120 Å². The number of sulfonamides is 1. The summed E-state index contributed by atoms with van der Waals surface area (Å²) in [5.74, 6) is -0.683. The minimum atomic E-state index is -3.71. The Bertz CT molecular complexity index is 2280. The van der Waals surface area contributed by atoms with Crippen molar-refractivity contribution >= 4 is 56.8 Å². The second-order valence-corrected chi connectivity index (χ2v) is 17.0. The van der Waals surface area contributed by atoms with E-state index < -0.39 is 45.2 Å². The van der Waals surface area contributed by atoms with E-state index in [0.717, 1.165) is 47.6 Å². The molecule has 1 atom stereocenters. The van der Waals surface area contributed by atoms with Crippen LogP contribution < -0.4 is 20.7 Å². The van der Waals surface area contributed by atoms with Crippen molar-refractivity contribution < 1.29 is 27.6 Å². The first-order valence-corrected chi connectivity index (χ1v) is 19.8. The van der Waals surface area contributed by atoms with E-state index in [-0.39, 0.29) is 23.3 Å². The molecule has 3 aliphatic heterocycles. The third-order valence-corrected chi connectivity index (χ3v) is 11.7. The average Bonchev–Trinajstić information content (AvgIpc) is 3.37. The van der Waals surface area contributed by atoms with Gasteiger partial charge in [0.25, 0.3) is 11.8 Å². The van der Waals surface area contributed by atoms with Crippen molar-refractivity contribution in [1.82, 2.24) is 29.8 Å². The van der Waals surface area contributed by atoms with E-state index in [2.05, 4.69) is 47.7 Å². The number of nitrogens with one attached hydrogen (secondary N) is 4. The number of hydrogen-bond donors (Lipinski definition) is 4. The van der Waals surface area contributed by atoms with Crippen LogP contribution in [0.5, 0.6) is 0 Å². The molecule has 4 N–H and O–H groups in total. The number of imide groups is 2. The molecule has 7 rings (SSSR count). The molecule has 3 aliphatic rings. The number of likely N-dealkylation sites (tertiary alicyclic amines) is 1. The fourth-order valence-electron chi connectivity index (χ4n) is 7.24. The summed E-state index contributed by atoms with van der Waals surface area (Å²) in [4.78, 5) is 62.9. The van der Waals surface area contributed by atoms with Crippen LogP contribution in [0.4, 0.5) is 23.1 Å². The summed E-state index contributed by atoms with van der Waals surface area (Å²) in [6.07, 6.45) is 3.84. The fraction of sp³-hybridized carbons (Fsp3) is 0.350. The smallest absolute Gasteiger partial charge is 0.262 e. The molecule has 1 aromatic heterocycles. The highest BCUT2D eigenvalue weighted by atomic mass is 32.2. The SMILES string of the molecule is Cc1cnc(Nc2ccc(C3CCN(Cc4ccc5c(c4)C(=O)N(C4CCC(=O)NC4=O)C5=O)CC3)cc2)nc1Nc1cccc(S(=O)(=O)NC(C)(C)C)c1. The number of aryl methyl sites for hydroxylation is 1. The van der Waals surface area contributed by atoms with Gasteiger partial charge in [0.05, 0.1) is 16.0 Å². The van der Waals surface area contributed by atoms with Crippen LogP contribution in [-0.4, -0.2) is 76.5 Å². The Morgan fingerprint density at radius 2 is 1.58 bits per heavy atom. The maximum Gasteiger partial charge on any atom is 0.262 e. The number of hydrogen-bond acceptors (Lipinski definition) is 11. The number of amides is 4. The van der Waals surface area contributed by atoms with E-state index in [0.29, 0.717) is 35.5 Å². The number of aromatic nitrogens is 2. The zero-order valence-electron chi connectivity index (χ0n) is 31.2. The third-order valence-electron chi connectivity index (χ3n) is 9.96. The molecule has 0 bridgehead atoms. The van der Waals surface area contributed by atoms with Crippen molar-refractivity contribution in [2.24, 2.45) is 0 Å². The number of piperidine rings is 2. The van der Waals surface area contributed by atoms with Gasteiger partial charge in [0.15, 0.2) is 0 Å². The molecular weight excluding hydrogens is 721 g/mol. The molecule has 15 heteroatoms. The first kappa shape index (κ1) is 37.8. The minimum absolute atomic E-state index is 0.0834. The second-order valence-electron chi connectivity index (χ2n) is 15.4. The van der Waals surface area contributed by atoms with Gasteiger partial charge in [-0.3, -0.25) is 34.3 Å². The number of benzene rings is 3. The van der Waals surface area contributed by atoms with Gasteiger partial charge >= 0.3 is 0 Å². The van der Waals surface area contributed by atoms with Crippen LogP contribution in [0, 0.1) is 6.92 Å². The van der Waals surface area contributed by atoms with Gasteiger partial charge in [0.2, 0.25) is 27.8 Å². The van der Waals surface area contributed by atoms with Crippen LogP contribution in [0.1, 0.15) is 89.8 Å². The highest BCUT2D eigenvalue weighted by Crippen LogP contribution is 2.32. The predicted molar refractivity (Wildman–Crippen MR) is 207 cm³/mol. The van der Waals surface area contributed by atoms with Gasteiger partial charge < -0.3 is 10.6 Å². The lowest BCUT2D eigenvalue weighted by Crippen LogP contribution is -2.54. The summed E-state index contributed by atoms with van der Waals surface area (Å²) >= 11 is 0. The van der Waals surface area contributed by atoms with Gasteiger partial charge in [-0.1, -0.05) is 24.3 Å². The summed E-state index contributed by atoms with van der Waals surface area (Å²) in [7, 11) is -3.71. The summed E-state index contributed by atoms with van der Waals surface area (Å²) in [5.41, 5.74) is 4.34. The molecule has 2 fully saturated rings. The summed E-state index contributed by atoms with van der Waals surface area (Å²) < 4.78 is 28.4. The first-order chi connectivity index (χ1) is 26.1. The molecule has 0 radical (unpaired) electrons. The van der Waals surface area contributed by atoms with Crippen LogP contribution in [0.2, 0.25) is 0 Å². The molecule has 0 saturated carbocycles. The van der Waals surface area contributed by atoms with Crippen LogP contribution in [-0.2, 0) is 26.2 Å². The molecule has 55 heavy (non-hydrogen) atoms. The average molecular weight is 765 g/mol. The van der Waals surface area contributed by atoms with E-state index in [9.17, 15) is 27.6 Å². The Labute approximate surface area is 320 Å². The van der Waals surface area contributed by atoms with Gasteiger partial charge in [0, 0.05) is 41.6 Å². The Kier molecular flexibility index (Phi) is 10.3. The highest BCUT2D eigenvalue weighted by molar-refractivity contribution is 7.89. The van der Waals surface area contributed by atoms with Crippen LogP contribution in [0.15, 0.2) is 77.8 Å². The molecule has 1 unspecified atom stereocenters. The van der Waals surface area contributed by atoms with Crippen LogP contribution in [0.25, 0.3) is 0 Å². The van der Waals surface area contributed by atoms with Crippen molar-refractivity contribution in [2.75, 3.05) is 23.7 Å². The zero-order valence-corrected chi connectivity index (χ0v) is 32.0. The monoisotopic (exact) mass is 764 g/mol. The van der Waals surface area contributed by atoms with Crippen molar-refractivity contribution in [3.63, 3.8) is 0 Å². The van der Waals surface area contributed by atoms with Crippen LogP contribution >= 0.6 is 0 Å². The number of rotatable bonds is 10. The van der Waals surface area contributed by atoms with E-state index >= 15 is 0 Å². The molecule has 4 aromatic rings. The van der Waals surface area contributed by atoms with E-state index in [4.69, 9.17) is 0 Å². The lowest BCUT2D eigenvalue weighted by atomic mass is 9.89. The van der Waals surface area contributed by atoms with Gasteiger partial charge in [-0.2, -0.15) is 4.98 Å². The van der Waals surface area contributed by atoms with Crippen molar-refractivity contribution in [3.8, 4) is 0 Å². The standard InChI is InChI=1S/C40H44N8O6S/c1-24-22-41-39(45-35(24)42-29-6-5-7-30(21-29)55(53,54)46-40(2,3)4)43-28-11-9-26(10-12-28)27-16-18-47(19-17-27)23-25-8-13-31-32(20-25)38(52)48(37(31)51)33-14-15-34(49)44-36(33)50/h5-13,20-22,27,33,46H,14-19,23H2,1-4H3,(H,44,49,50)(H2,41,42,43,45). The quantitative estimate of drug-likeness (QED) is 0.157. The summed E-state index contributed by atoms with van der Waals surface area (Å²) in [6.45, 7) is 9.63. The van der Waals surface area contributed by atoms with Gasteiger partial charge in [-0.25, -0.2) is 18.1 Å². The van der Waals surface area contributed by atoms with Gasteiger partial charge in [0.1, 0.15) is 11.9 Å². The first-order valence-electron chi connectivity index (χ1n) is 18.3. The number of anilines is 4. The molecule has 2 saturated heterocycles. The number of fused-ring (bicyclic) bond motifs is 1. The highest BCUT2D eigenvalue weighted by Gasteiger charge is 2.44. The Balaban J connectivity index is 0.933. The number of nitrogens with zero attached hydrogens (tertiary/aromatic N) is 4. The fourth-order valence-corrected chi connectivity index (χ4v) is 8.70. The summed E-state index contributed by atoms with van der Waals surface area (Å²) in [6, 6.07) is 19.2. The van der Waals surface area contributed by atoms with E-state index in [1.54, 1.807) is 63.4 Å². The Hall–Kier alpha value is -5.51. The molecule has 14 nitrogen and oxygen atoms in total. The normalized spacial score (nSPS) is 18.3. The number of carbonyl (C=O) groups excluding carboxylic acids is 4.